The van der Waals surface area contributed by atoms with Crippen molar-refractivity contribution in [3.05, 3.63) is 59.7 Å². The number of alkyl halides is 2. The van der Waals surface area contributed by atoms with Crippen LogP contribution in [0.25, 0.3) is 0 Å². The number of rotatable bonds is 10. The summed E-state index contributed by atoms with van der Waals surface area (Å²) in [6, 6.07) is 15.7. The Balaban J connectivity index is 2.04. The van der Waals surface area contributed by atoms with Crippen LogP contribution in [-0.2, 0) is 5.41 Å². The lowest BCUT2D eigenvalue weighted by Gasteiger charge is -2.26. The first-order valence-corrected chi connectivity index (χ1v) is 9.67. The van der Waals surface area contributed by atoms with Crippen molar-refractivity contribution in [3.8, 4) is 11.5 Å². The maximum absolute atomic E-state index is 13.1. The molecule has 2 unspecified atom stereocenters. The smallest absolute Gasteiger partial charge is 0.157 e. The lowest BCUT2D eigenvalue weighted by Crippen LogP contribution is -2.19. The van der Waals surface area contributed by atoms with Crippen LogP contribution >= 0.6 is 11.6 Å². The van der Waals surface area contributed by atoms with E-state index in [1.807, 2.05) is 36.4 Å². The largest absolute Gasteiger partial charge is 0.493 e. The molecule has 0 aliphatic heterocycles. The average molecular weight is 395 g/mol. The molecule has 3 nitrogen and oxygen atoms in total. The van der Waals surface area contributed by atoms with Gasteiger partial charge in [0.2, 0.25) is 0 Å². The Morgan fingerprint density at radius 2 is 1.37 bits per heavy atom. The Kier molecular flexibility index (Phi) is 7.93. The van der Waals surface area contributed by atoms with Crippen LogP contribution in [0.1, 0.15) is 31.9 Å². The number of hydrogen-bond acceptors (Lipinski definition) is 3. The predicted octanol–water partition coefficient (Wildman–Crippen LogP) is 4.98. The molecule has 0 saturated carbocycles. The van der Waals surface area contributed by atoms with Gasteiger partial charge in [0.25, 0.3) is 0 Å². The van der Waals surface area contributed by atoms with Gasteiger partial charge in [-0.25, -0.2) is 4.39 Å². The first-order chi connectivity index (χ1) is 12.9. The summed E-state index contributed by atoms with van der Waals surface area (Å²) in [5.41, 5.74) is 2.09. The zero-order valence-corrected chi connectivity index (χ0v) is 16.9. The molecule has 5 heteroatoms. The zero-order chi connectivity index (χ0) is 19.9. The predicted molar refractivity (Wildman–Crippen MR) is 108 cm³/mol. The molecule has 0 radical (unpaired) electrons. The third kappa shape index (κ3) is 6.12. The quantitative estimate of drug-likeness (QED) is 0.578. The number of aliphatic hydroxyl groups is 1. The van der Waals surface area contributed by atoms with Crippen LogP contribution in [0.5, 0.6) is 11.5 Å². The molecule has 0 bridgehead atoms. The van der Waals surface area contributed by atoms with Gasteiger partial charge in [0, 0.05) is 17.2 Å². The Bertz CT molecular complexity index is 626. The second kappa shape index (κ2) is 9.95. The summed E-state index contributed by atoms with van der Waals surface area (Å²) in [4.78, 5) is 0. The van der Waals surface area contributed by atoms with Crippen LogP contribution in [-0.4, -0.2) is 37.0 Å². The van der Waals surface area contributed by atoms with Gasteiger partial charge in [-0.2, -0.15) is 0 Å². The van der Waals surface area contributed by atoms with Crippen LogP contribution in [0.2, 0.25) is 0 Å². The highest BCUT2D eigenvalue weighted by Crippen LogP contribution is 2.33. The summed E-state index contributed by atoms with van der Waals surface area (Å²) in [7, 11) is 0. The van der Waals surface area contributed by atoms with Crippen molar-refractivity contribution >= 4 is 11.6 Å². The molecular formula is C22H28ClFO3. The Hall–Kier alpha value is -1.78. The van der Waals surface area contributed by atoms with Gasteiger partial charge in [-0.1, -0.05) is 45.0 Å². The minimum absolute atomic E-state index is 0.150. The van der Waals surface area contributed by atoms with E-state index in [9.17, 15) is 4.39 Å². The van der Waals surface area contributed by atoms with E-state index in [2.05, 4.69) is 32.9 Å². The van der Waals surface area contributed by atoms with Crippen molar-refractivity contribution in [2.75, 3.05) is 25.7 Å². The minimum Gasteiger partial charge on any atom is -0.493 e. The van der Waals surface area contributed by atoms with E-state index in [1.165, 1.54) is 0 Å². The van der Waals surface area contributed by atoms with Gasteiger partial charge in [0.05, 0.1) is 13.2 Å². The van der Waals surface area contributed by atoms with E-state index in [1.54, 1.807) is 0 Å². The van der Waals surface area contributed by atoms with E-state index in [0.717, 1.165) is 16.9 Å². The number of halogens is 2. The van der Waals surface area contributed by atoms with Crippen LogP contribution in [0.4, 0.5) is 4.39 Å². The summed E-state index contributed by atoms with van der Waals surface area (Å²) in [5.74, 6) is 2.31. The van der Waals surface area contributed by atoms with Crippen molar-refractivity contribution in [2.45, 2.75) is 32.4 Å². The molecule has 0 aliphatic carbocycles. The summed E-state index contributed by atoms with van der Waals surface area (Å²) in [5, 5.41) is 8.71. The van der Waals surface area contributed by atoms with Crippen molar-refractivity contribution in [1.82, 2.24) is 0 Å². The summed E-state index contributed by atoms with van der Waals surface area (Å²) in [6.45, 7) is 6.27. The molecule has 2 rings (SSSR count). The van der Waals surface area contributed by atoms with Crippen molar-refractivity contribution in [2.24, 2.45) is 5.92 Å². The molecule has 0 saturated heterocycles. The van der Waals surface area contributed by atoms with E-state index in [0.29, 0.717) is 24.2 Å². The molecule has 2 aromatic rings. The maximum atomic E-state index is 13.1. The molecule has 0 heterocycles. The van der Waals surface area contributed by atoms with Gasteiger partial charge in [-0.3, -0.25) is 0 Å². The van der Waals surface area contributed by atoms with Crippen molar-refractivity contribution in [3.63, 3.8) is 0 Å². The molecule has 0 aliphatic rings. The molecule has 0 aromatic heterocycles. The second-order valence-electron chi connectivity index (χ2n) is 7.34. The molecule has 2 aromatic carbocycles. The van der Waals surface area contributed by atoms with Gasteiger partial charge in [0.1, 0.15) is 18.1 Å². The molecule has 0 spiro atoms. The molecule has 0 amide bonds. The highest BCUT2D eigenvalue weighted by molar-refractivity contribution is 6.18. The topological polar surface area (TPSA) is 38.7 Å². The summed E-state index contributed by atoms with van der Waals surface area (Å²) in [6.07, 6.45) is -1.37. The van der Waals surface area contributed by atoms with E-state index in [4.69, 9.17) is 26.2 Å². The molecule has 2 atom stereocenters. The number of aliphatic hydroxyl groups excluding tert-OH is 1. The van der Waals surface area contributed by atoms with Crippen LogP contribution in [0, 0.1) is 5.92 Å². The minimum atomic E-state index is -1.37. The first kappa shape index (κ1) is 21.5. The standard InChI is InChI=1S/C22H28ClFO3/c1-16(12-23)14-26-20-8-4-17(5-9-20)22(2,3)18-6-10-21(11-7-18)27-15-19(24)13-25/h4-11,16,19,25H,12-15H2,1-3H3. The van der Waals surface area contributed by atoms with Crippen LogP contribution in [0.15, 0.2) is 48.5 Å². The van der Waals surface area contributed by atoms with Gasteiger partial charge >= 0.3 is 0 Å². The lowest BCUT2D eigenvalue weighted by molar-refractivity contribution is 0.123. The highest BCUT2D eigenvalue weighted by Gasteiger charge is 2.23. The first-order valence-electron chi connectivity index (χ1n) is 9.14. The maximum Gasteiger partial charge on any atom is 0.157 e. The van der Waals surface area contributed by atoms with Crippen LogP contribution < -0.4 is 9.47 Å². The van der Waals surface area contributed by atoms with Crippen molar-refractivity contribution < 1.29 is 19.0 Å². The van der Waals surface area contributed by atoms with Crippen LogP contribution in [0.3, 0.4) is 0 Å². The van der Waals surface area contributed by atoms with Gasteiger partial charge in [-0.15, -0.1) is 11.6 Å². The molecule has 1 N–H and O–H groups in total. The molecule has 148 valence electrons. The van der Waals surface area contributed by atoms with Gasteiger partial charge in [-0.05, 0) is 35.4 Å². The molecule has 0 fully saturated rings. The fraction of sp³-hybridized carbons (Fsp3) is 0.455. The third-order valence-electron chi connectivity index (χ3n) is 4.58. The Morgan fingerprint density at radius 3 is 1.78 bits per heavy atom. The van der Waals surface area contributed by atoms with E-state index < -0.39 is 12.8 Å². The normalized spacial score (nSPS) is 13.9. The lowest BCUT2D eigenvalue weighted by atomic mass is 9.78. The third-order valence-corrected chi connectivity index (χ3v) is 5.11. The fourth-order valence-electron chi connectivity index (χ4n) is 2.62. The van der Waals surface area contributed by atoms with E-state index >= 15 is 0 Å². The Labute approximate surface area is 166 Å². The fourth-order valence-corrected chi connectivity index (χ4v) is 2.71. The summed E-state index contributed by atoms with van der Waals surface area (Å²) >= 11 is 5.81. The number of benzene rings is 2. The van der Waals surface area contributed by atoms with E-state index in [-0.39, 0.29) is 12.0 Å². The van der Waals surface area contributed by atoms with Gasteiger partial charge in [0.15, 0.2) is 6.17 Å². The zero-order valence-electron chi connectivity index (χ0n) is 16.1. The SMILES string of the molecule is CC(CCl)COc1ccc(C(C)(C)c2ccc(OCC(F)CO)cc2)cc1. The summed E-state index contributed by atoms with van der Waals surface area (Å²) < 4.78 is 24.2. The molecular weight excluding hydrogens is 367 g/mol. The number of ether oxygens (including phenoxy) is 2. The number of hydrogen-bond donors (Lipinski definition) is 1. The second-order valence-corrected chi connectivity index (χ2v) is 7.64. The monoisotopic (exact) mass is 394 g/mol. The average Bonchev–Trinajstić information content (AvgIpc) is 2.70. The Morgan fingerprint density at radius 1 is 0.926 bits per heavy atom. The molecule has 27 heavy (non-hydrogen) atoms. The highest BCUT2D eigenvalue weighted by atomic mass is 35.5. The van der Waals surface area contributed by atoms with Crippen molar-refractivity contribution in [1.29, 1.82) is 0 Å². The van der Waals surface area contributed by atoms with Gasteiger partial charge < -0.3 is 14.6 Å².